The van der Waals surface area contributed by atoms with Gasteiger partial charge in [-0.05, 0) is 54.4 Å². The van der Waals surface area contributed by atoms with Crippen LogP contribution in [0, 0.1) is 0 Å². The number of sulfonamides is 1. The first kappa shape index (κ1) is 35.6. The minimum absolute atomic E-state index is 0.0265. The van der Waals surface area contributed by atoms with E-state index in [9.17, 15) is 18.0 Å². The Kier molecular flexibility index (Phi) is 12.8. The van der Waals surface area contributed by atoms with Crippen LogP contribution in [0.3, 0.4) is 0 Å². The molecule has 4 aromatic rings. The Balaban J connectivity index is 1.84. The van der Waals surface area contributed by atoms with Crippen LogP contribution in [0.1, 0.15) is 30.9 Å². The average molecular weight is 722 g/mol. The van der Waals surface area contributed by atoms with E-state index < -0.39 is 34.4 Å². The summed E-state index contributed by atoms with van der Waals surface area (Å²) in [4.78, 5) is 29.7. The number of benzene rings is 4. The lowest BCUT2D eigenvalue weighted by molar-refractivity contribution is -0.140. The molecule has 0 saturated carbocycles. The molecule has 7 nitrogen and oxygen atoms in total. The van der Waals surface area contributed by atoms with Crippen molar-refractivity contribution < 1.29 is 18.0 Å². The number of halogens is 4. The van der Waals surface area contributed by atoms with Crippen LogP contribution in [-0.2, 0) is 32.6 Å². The molecule has 0 fully saturated rings. The summed E-state index contributed by atoms with van der Waals surface area (Å²) in [5.41, 5.74) is 1.27. The third-order valence-corrected chi connectivity index (χ3v) is 10.3. The van der Waals surface area contributed by atoms with Gasteiger partial charge in [0.25, 0.3) is 10.0 Å². The molecule has 242 valence electrons. The van der Waals surface area contributed by atoms with Crippen molar-refractivity contribution in [1.29, 1.82) is 0 Å². The second kappa shape index (κ2) is 16.5. The minimum Gasteiger partial charge on any atom is -0.354 e. The number of hydrogen-bond donors (Lipinski definition) is 1. The summed E-state index contributed by atoms with van der Waals surface area (Å²) in [5.74, 6) is -1.07. The van der Waals surface area contributed by atoms with Crippen LogP contribution in [0.15, 0.2) is 102 Å². The monoisotopic (exact) mass is 719 g/mol. The summed E-state index contributed by atoms with van der Waals surface area (Å²) in [6.07, 6.45) is 1.75. The van der Waals surface area contributed by atoms with Gasteiger partial charge in [0, 0.05) is 40.1 Å². The molecule has 0 unspecified atom stereocenters. The first-order chi connectivity index (χ1) is 22.0. The van der Waals surface area contributed by atoms with Crippen LogP contribution in [-0.4, -0.2) is 44.3 Å². The molecule has 0 aliphatic carbocycles. The number of rotatable bonds is 14. The Labute approximate surface area is 290 Å². The molecule has 1 N–H and O–H groups in total. The van der Waals surface area contributed by atoms with Gasteiger partial charge in [-0.1, -0.05) is 114 Å². The van der Waals surface area contributed by atoms with Crippen LogP contribution in [0.5, 0.6) is 0 Å². The Morgan fingerprint density at radius 1 is 0.804 bits per heavy atom. The predicted molar refractivity (Wildman–Crippen MR) is 186 cm³/mol. The molecule has 0 radical (unpaired) electrons. The highest BCUT2D eigenvalue weighted by molar-refractivity contribution is 7.92. The van der Waals surface area contributed by atoms with Crippen LogP contribution in [0.25, 0.3) is 0 Å². The van der Waals surface area contributed by atoms with Gasteiger partial charge in [0.2, 0.25) is 11.8 Å². The van der Waals surface area contributed by atoms with Gasteiger partial charge >= 0.3 is 0 Å². The summed E-state index contributed by atoms with van der Waals surface area (Å²) in [6.45, 7) is 1.56. The number of carbonyl (C=O) groups excluding carboxylic acids is 2. The Morgan fingerprint density at radius 2 is 1.43 bits per heavy atom. The van der Waals surface area contributed by atoms with Crippen molar-refractivity contribution in [3.8, 4) is 0 Å². The van der Waals surface area contributed by atoms with E-state index in [-0.39, 0.29) is 28.6 Å². The van der Waals surface area contributed by atoms with E-state index in [0.717, 1.165) is 22.7 Å². The largest absolute Gasteiger partial charge is 0.354 e. The molecule has 0 aliphatic rings. The Hall–Kier alpha value is -3.27. The third-order valence-electron chi connectivity index (χ3n) is 7.28. The van der Waals surface area contributed by atoms with E-state index in [1.54, 1.807) is 36.4 Å². The summed E-state index contributed by atoms with van der Waals surface area (Å²) in [6, 6.07) is 25.2. The highest BCUT2D eigenvalue weighted by Gasteiger charge is 2.35. The number of amides is 2. The van der Waals surface area contributed by atoms with Crippen molar-refractivity contribution in [3.05, 3.63) is 128 Å². The number of carbonyl (C=O) groups is 2. The van der Waals surface area contributed by atoms with Crippen molar-refractivity contribution in [2.75, 3.05) is 17.4 Å². The van der Waals surface area contributed by atoms with Crippen molar-refractivity contribution in [3.63, 3.8) is 0 Å². The third kappa shape index (κ3) is 8.96. The van der Waals surface area contributed by atoms with Crippen molar-refractivity contribution in [2.24, 2.45) is 0 Å². The fourth-order valence-electron chi connectivity index (χ4n) is 4.83. The summed E-state index contributed by atoms with van der Waals surface area (Å²) >= 11 is 25.8. The average Bonchev–Trinajstić information content (AvgIpc) is 3.04. The molecule has 4 rings (SSSR count). The van der Waals surface area contributed by atoms with Crippen LogP contribution in [0.4, 0.5) is 5.69 Å². The highest BCUT2D eigenvalue weighted by atomic mass is 35.5. The number of unbranched alkanes of at least 4 members (excludes halogenated alkanes) is 1. The first-order valence-corrected chi connectivity index (χ1v) is 17.5. The smallest absolute Gasteiger partial charge is 0.264 e. The zero-order chi connectivity index (χ0) is 33.3. The molecule has 0 aliphatic heterocycles. The molecular formula is C34H33Cl4N3O4S. The van der Waals surface area contributed by atoms with Gasteiger partial charge in [-0.25, -0.2) is 8.42 Å². The lowest BCUT2D eigenvalue weighted by atomic mass is 10.0. The van der Waals surface area contributed by atoms with Crippen LogP contribution < -0.4 is 9.62 Å². The maximum absolute atomic E-state index is 14.6. The quantitative estimate of drug-likeness (QED) is 0.134. The van der Waals surface area contributed by atoms with E-state index in [2.05, 4.69) is 5.32 Å². The molecule has 0 aromatic heterocycles. The van der Waals surface area contributed by atoms with Gasteiger partial charge in [-0.2, -0.15) is 0 Å². The molecule has 0 spiro atoms. The second-order valence-electron chi connectivity index (χ2n) is 10.5. The number of nitrogens with one attached hydrogen (secondary N) is 1. The van der Waals surface area contributed by atoms with E-state index in [0.29, 0.717) is 27.2 Å². The van der Waals surface area contributed by atoms with Crippen molar-refractivity contribution in [1.82, 2.24) is 10.2 Å². The Bertz CT molecular complexity index is 1740. The molecule has 1 atom stereocenters. The van der Waals surface area contributed by atoms with E-state index in [4.69, 9.17) is 46.4 Å². The summed E-state index contributed by atoms with van der Waals surface area (Å²) in [5, 5.41) is 3.85. The van der Waals surface area contributed by atoms with E-state index in [1.165, 1.54) is 35.2 Å². The molecular weight excluding hydrogens is 688 g/mol. The zero-order valence-electron chi connectivity index (χ0n) is 25.0. The first-order valence-electron chi connectivity index (χ1n) is 14.6. The fraction of sp³-hybridized carbons (Fsp3) is 0.235. The number of hydrogen-bond acceptors (Lipinski definition) is 4. The van der Waals surface area contributed by atoms with E-state index >= 15 is 0 Å². The van der Waals surface area contributed by atoms with Crippen LogP contribution >= 0.6 is 46.4 Å². The second-order valence-corrected chi connectivity index (χ2v) is 14.0. The molecule has 0 bridgehead atoms. The van der Waals surface area contributed by atoms with Crippen molar-refractivity contribution >= 4 is 73.9 Å². The van der Waals surface area contributed by atoms with Crippen molar-refractivity contribution in [2.45, 2.75) is 43.7 Å². The Morgan fingerprint density at radius 3 is 2.04 bits per heavy atom. The van der Waals surface area contributed by atoms with Gasteiger partial charge in [0.05, 0.1) is 15.6 Å². The summed E-state index contributed by atoms with van der Waals surface area (Å²) in [7, 11) is -4.32. The van der Waals surface area contributed by atoms with Gasteiger partial charge in [0.1, 0.15) is 12.6 Å². The normalized spacial score (nSPS) is 11.9. The predicted octanol–water partition coefficient (Wildman–Crippen LogP) is 8.05. The lowest BCUT2D eigenvalue weighted by Crippen LogP contribution is -2.53. The number of anilines is 1. The number of nitrogens with zero attached hydrogens (tertiary/aromatic N) is 2. The van der Waals surface area contributed by atoms with Gasteiger partial charge in [0.15, 0.2) is 0 Å². The SMILES string of the molecule is CCCCNC(=O)[C@@H](Cc1ccccc1)N(Cc1c(Cl)cccc1Cl)C(=O)CN(c1ccc(Cl)cc1Cl)S(=O)(=O)c1ccccc1. The topological polar surface area (TPSA) is 86.8 Å². The molecule has 0 saturated heterocycles. The van der Waals surface area contributed by atoms with Crippen LogP contribution in [0.2, 0.25) is 20.1 Å². The standard InChI is InChI=1S/C34H33Cl4N3O4S/c1-2-3-19-39-34(43)32(20-24-11-6-4-7-12-24)40(22-27-28(36)15-10-16-29(27)37)33(42)23-41(31-18-17-25(35)21-30(31)38)46(44,45)26-13-8-5-9-14-26/h4-18,21,32H,2-3,19-20,22-23H2,1H3,(H,39,43)/t32-/m1/s1. The molecule has 12 heteroatoms. The maximum Gasteiger partial charge on any atom is 0.264 e. The zero-order valence-corrected chi connectivity index (χ0v) is 28.8. The van der Waals surface area contributed by atoms with E-state index in [1.807, 2.05) is 37.3 Å². The molecule has 4 aromatic carbocycles. The summed E-state index contributed by atoms with van der Waals surface area (Å²) < 4.78 is 29.1. The molecule has 46 heavy (non-hydrogen) atoms. The molecule has 0 heterocycles. The van der Waals surface area contributed by atoms with Gasteiger partial charge in [-0.15, -0.1) is 0 Å². The van der Waals surface area contributed by atoms with Gasteiger partial charge < -0.3 is 10.2 Å². The maximum atomic E-state index is 14.6. The lowest BCUT2D eigenvalue weighted by Gasteiger charge is -2.34. The minimum atomic E-state index is -4.32. The fourth-order valence-corrected chi connectivity index (χ4v) is 7.36. The highest BCUT2D eigenvalue weighted by Crippen LogP contribution is 2.34. The molecule has 2 amide bonds. The van der Waals surface area contributed by atoms with Gasteiger partial charge in [-0.3, -0.25) is 13.9 Å².